The van der Waals surface area contributed by atoms with Gasteiger partial charge in [0.15, 0.2) is 0 Å². The van der Waals surface area contributed by atoms with E-state index >= 15 is 0 Å². The number of hydrogen-bond acceptors (Lipinski definition) is 2. The third-order valence-electron chi connectivity index (χ3n) is 3.30. The van der Waals surface area contributed by atoms with Crippen molar-refractivity contribution < 1.29 is 9.84 Å². The average Bonchev–Trinajstić information content (AvgIpc) is 2.39. The Morgan fingerprint density at radius 1 is 1.05 bits per heavy atom. The zero-order valence-electron chi connectivity index (χ0n) is 12.6. The number of phenolic OH excluding ortho intramolecular Hbond substituents is 1. The summed E-state index contributed by atoms with van der Waals surface area (Å²) in [5.41, 5.74) is 2.97. The van der Waals surface area contributed by atoms with E-state index in [0.29, 0.717) is 12.4 Å². The third kappa shape index (κ3) is 2.96. The summed E-state index contributed by atoms with van der Waals surface area (Å²) in [6.45, 7) is 8.91. The van der Waals surface area contributed by atoms with Crippen molar-refractivity contribution in [3.8, 4) is 22.6 Å². The molecule has 20 heavy (non-hydrogen) atoms. The number of para-hydroxylation sites is 1. The van der Waals surface area contributed by atoms with Crippen molar-refractivity contribution in [1.29, 1.82) is 0 Å². The van der Waals surface area contributed by atoms with Crippen LogP contribution < -0.4 is 4.74 Å². The highest BCUT2D eigenvalue weighted by Gasteiger charge is 2.19. The van der Waals surface area contributed by atoms with Crippen LogP contribution >= 0.6 is 0 Å². The lowest BCUT2D eigenvalue weighted by Gasteiger charge is -2.21. The van der Waals surface area contributed by atoms with Gasteiger partial charge in [-0.05, 0) is 41.7 Å². The molecule has 0 fully saturated rings. The molecule has 0 aliphatic heterocycles. The standard InChI is InChI=1S/C18H22O2/c1-5-20-17-9-7-6-8-14(17)13-10-11-16(19)15(12-13)18(2,3)4/h6-12,19H,5H2,1-4H3. The van der Waals surface area contributed by atoms with Gasteiger partial charge in [-0.25, -0.2) is 0 Å². The lowest BCUT2D eigenvalue weighted by Crippen LogP contribution is -2.11. The fourth-order valence-electron chi connectivity index (χ4n) is 2.29. The summed E-state index contributed by atoms with van der Waals surface area (Å²) >= 11 is 0. The number of ether oxygens (including phenoxy) is 1. The quantitative estimate of drug-likeness (QED) is 0.871. The molecule has 0 aliphatic rings. The molecule has 0 radical (unpaired) electrons. The normalized spacial score (nSPS) is 11.4. The molecule has 0 aromatic heterocycles. The molecule has 0 saturated heterocycles. The number of hydrogen-bond donors (Lipinski definition) is 1. The Balaban J connectivity index is 2.54. The van der Waals surface area contributed by atoms with Gasteiger partial charge in [0.2, 0.25) is 0 Å². The van der Waals surface area contributed by atoms with Crippen molar-refractivity contribution in [2.24, 2.45) is 0 Å². The second-order valence-corrected chi connectivity index (χ2v) is 5.91. The summed E-state index contributed by atoms with van der Waals surface area (Å²) in [5.74, 6) is 1.22. The van der Waals surface area contributed by atoms with Crippen LogP contribution in [-0.2, 0) is 5.41 Å². The molecule has 0 spiro atoms. The van der Waals surface area contributed by atoms with Crippen LogP contribution in [0.3, 0.4) is 0 Å². The van der Waals surface area contributed by atoms with Crippen LogP contribution in [0.2, 0.25) is 0 Å². The van der Waals surface area contributed by atoms with Crippen LogP contribution in [0.25, 0.3) is 11.1 Å². The largest absolute Gasteiger partial charge is 0.508 e. The smallest absolute Gasteiger partial charge is 0.127 e. The minimum atomic E-state index is -0.0966. The average molecular weight is 270 g/mol. The minimum absolute atomic E-state index is 0.0966. The van der Waals surface area contributed by atoms with Gasteiger partial charge in [-0.1, -0.05) is 45.0 Å². The van der Waals surface area contributed by atoms with Crippen molar-refractivity contribution in [1.82, 2.24) is 0 Å². The number of phenols is 1. The first kappa shape index (κ1) is 14.4. The van der Waals surface area contributed by atoms with Gasteiger partial charge in [0, 0.05) is 5.56 Å². The van der Waals surface area contributed by atoms with Gasteiger partial charge in [0.1, 0.15) is 11.5 Å². The molecule has 0 aliphatic carbocycles. The first-order chi connectivity index (χ1) is 9.43. The van der Waals surface area contributed by atoms with E-state index in [1.807, 2.05) is 43.3 Å². The molecular formula is C18H22O2. The van der Waals surface area contributed by atoms with Gasteiger partial charge < -0.3 is 9.84 Å². The topological polar surface area (TPSA) is 29.5 Å². The summed E-state index contributed by atoms with van der Waals surface area (Å²) in [5, 5.41) is 10.1. The van der Waals surface area contributed by atoms with Crippen molar-refractivity contribution in [2.45, 2.75) is 33.1 Å². The van der Waals surface area contributed by atoms with E-state index in [0.717, 1.165) is 22.4 Å². The van der Waals surface area contributed by atoms with Crippen LogP contribution in [-0.4, -0.2) is 11.7 Å². The second kappa shape index (κ2) is 5.58. The SMILES string of the molecule is CCOc1ccccc1-c1ccc(O)c(C(C)(C)C)c1. The van der Waals surface area contributed by atoms with E-state index in [2.05, 4.69) is 20.8 Å². The first-order valence-electron chi connectivity index (χ1n) is 6.99. The molecule has 2 nitrogen and oxygen atoms in total. The molecular weight excluding hydrogens is 248 g/mol. The highest BCUT2D eigenvalue weighted by Crippen LogP contribution is 2.37. The molecule has 106 valence electrons. The van der Waals surface area contributed by atoms with E-state index in [1.165, 1.54) is 0 Å². The minimum Gasteiger partial charge on any atom is -0.508 e. The second-order valence-electron chi connectivity index (χ2n) is 5.91. The number of benzene rings is 2. The summed E-state index contributed by atoms with van der Waals surface area (Å²) in [4.78, 5) is 0. The molecule has 0 atom stereocenters. The van der Waals surface area contributed by atoms with E-state index in [9.17, 15) is 5.11 Å². The molecule has 2 heteroatoms. The molecule has 0 heterocycles. The maximum atomic E-state index is 10.1. The molecule has 2 aromatic rings. The van der Waals surface area contributed by atoms with Gasteiger partial charge >= 0.3 is 0 Å². The van der Waals surface area contributed by atoms with Gasteiger partial charge in [0.25, 0.3) is 0 Å². The predicted octanol–water partition coefficient (Wildman–Crippen LogP) is 4.76. The van der Waals surface area contributed by atoms with Gasteiger partial charge in [-0.3, -0.25) is 0 Å². The van der Waals surface area contributed by atoms with Gasteiger partial charge in [-0.2, -0.15) is 0 Å². The van der Waals surface area contributed by atoms with Crippen molar-refractivity contribution in [3.63, 3.8) is 0 Å². The maximum absolute atomic E-state index is 10.1. The Labute approximate surface area is 121 Å². The van der Waals surface area contributed by atoms with Crippen molar-refractivity contribution in [3.05, 3.63) is 48.0 Å². The molecule has 1 N–H and O–H groups in total. The highest BCUT2D eigenvalue weighted by molar-refractivity contribution is 5.72. The van der Waals surface area contributed by atoms with E-state index in [4.69, 9.17) is 4.74 Å². The summed E-state index contributed by atoms with van der Waals surface area (Å²) in [6, 6.07) is 13.7. The number of aromatic hydroxyl groups is 1. The Kier molecular flexibility index (Phi) is 4.03. The van der Waals surface area contributed by atoms with Crippen molar-refractivity contribution >= 4 is 0 Å². The van der Waals surface area contributed by atoms with Crippen LogP contribution in [0.1, 0.15) is 33.3 Å². The predicted molar refractivity (Wildman–Crippen MR) is 83.4 cm³/mol. The molecule has 0 unspecified atom stereocenters. The molecule has 0 amide bonds. The highest BCUT2D eigenvalue weighted by atomic mass is 16.5. The fourth-order valence-corrected chi connectivity index (χ4v) is 2.29. The van der Waals surface area contributed by atoms with Crippen LogP contribution in [0.15, 0.2) is 42.5 Å². The Hall–Kier alpha value is -1.96. The lowest BCUT2D eigenvalue weighted by atomic mass is 9.84. The van der Waals surface area contributed by atoms with Crippen LogP contribution in [0, 0.1) is 0 Å². The van der Waals surface area contributed by atoms with Crippen LogP contribution in [0.4, 0.5) is 0 Å². The van der Waals surface area contributed by atoms with Gasteiger partial charge in [0.05, 0.1) is 6.61 Å². The molecule has 0 bridgehead atoms. The van der Waals surface area contributed by atoms with Crippen molar-refractivity contribution in [2.75, 3.05) is 6.61 Å². The summed E-state index contributed by atoms with van der Waals surface area (Å²) in [7, 11) is 0. The van der Waals surface area contributed by atoms with Gasteiger partial charge in [-0.15, -0.1) is 0 Å². The molecule has 0 saturated carbocycles. The lowest BCUT2D eigenvalue weighted by molar-refractivity contribution is 0.341. The Morgan fingerprint density at radius 2 is 1.75 bits per heavy atom. The third-order valence-corrected chi connectivity index (χ3v) is 3.30. The molecule has 2 rings (SSSR count). The zero-order chi connectivity index (χ0) is 14.8. The van der Waals surface area contributed by atoms with E-state index in [-0.39, 0.29) is 5.41 Å². The summed E-state index contributed by atoms with van der Waals surface area (Å²) < 4.78 is 5.68. The first-order valence-corrected chi connectivity index (χ1v) is 6.99. The monoisotopic (exact) mass is 270 g/mol. The van der Waals surface area contributed by atoms with E-state index in [1.54, 1.807) is 6.07 Å². The maximum Gasteiger partial charge on any atom is 0.127 e. The van der Waals surface area contributed by atoms with Crippen LogP contribution in [0.5, 0.6) is 11.5 Å². The zero-order valence-corrected chi connectivity index (χ0v) is 12.6. The Bertz CT molecular complexity index is 595. The fraction of sp³-hybridized carbons (Fsp3) is 0.333. The molecule has 2 aromatic carbocycles. The number of rotatable bonds is 3. The van der Waals surface area contributed by atoms with E-state index < -0.39 is 0 Å². The summed E-state index contributed by atoms with van der Waals surface area (Å²) in [6.07, 6.45) is 0. The Morgan fingerprint density at radius 3 is 2.40 bits per heavy atom.